The van der Waals surface area contributed by atoms with Crippen molar-refractivity contribution in [1.29, 1.82) is 0 Å². The van der Waals surface area contributed by atoms with Gasteiger partial charge in [-0.1, -0.05) is 0 Å². The number of carbonyl (C=O) groups is 3. The van der Waals surface area contributed by atoms with Gasteiger partial charge in [-0.3, -0.25) is 9.59 Å². The van der Waals surface area contributed by atoms with Gasteiger partial charge in [-0.25, -0.2) is 4.79 Å². The van der Waals surface area contributed by atoms with Crippen LogP contribution in [0.25, 0.3) is 5.53 Å². The van der Waals surface area contributed by atoms with E-state index in [0.717, 1.165) is 0 Å². The number of carboxylic acid groups (broad SMARTS) is 1. The topological polar surface area (TPSA) is 129 Å². The second-order valence-corrected chi connectivity index (χ2v) is 4.78. The van der Waals surface area contributed by atoms with Gasteiger partial charge in [0.1, 0.15) is 0 Å². The third-order valence-corrected chi connectivity index (χ3v) is 3.26. The van der Waals surface area contributed by atoms with Crippen molar-refractivity contribution in [3.63, 3.8) is 0 Å². The van der Waals surface area contributed by atoms with E-state index in [1.54, 1.807) is 13.8 Å². The van der Waals surface area contributed by atoms with Crippen LogP contribution < -0.4 is 5.32 Å². The number of hydrogen-bond donors (Lipinski definition) is 2. The Bertz CT molecular complexity index is 479. The van der Waals surface area contributed by atoms with Crippen LogP contribution >= 0.6 is 0 Å². The highest BCUT2D eigenvalue weighted by Crippen LogP contribution is 2.31. The smallest absolute Gasteiger partial charge is 0.441 e. The molecule has 104 valence electrons. The maximum absolute atomic E-state index is 11.6. The Hall–Kier alpha value is -2.05. The molecule has 1 fully saturated rings. The Kier molecular flexibility index (Phi) is 4.18. The fourth-order valence-electron chi connectivity index (χ4n) is 2.05. The van der Waals surface area contributed by atoms with Gasteiger partial charge < -0.3 is 20.7 Å². The summed E-state index contributed by atoms with van der Waals surface area (Å²) in [7, 11) is 1.45. The Morgan fingerprint density at radius 1 is 1.53 bits per heavy atom. The van der Waals surface area contributed by atoms with E-state index in [1.807, 2.05) is 0 Å². The molecular formula is C11H15N3O5. The lowest BCUT2D eigenvalue weighted by atomic mass is 9.75. The molecule has 2 atom stereocenters. The number of β-lactam (4-membered cyclic amide) rings is 1. The van der Waals surface area contributed by atoms with Crippen LogP contribution in [0.4, 0.5) is 0 Å². The largest absolute Gasteiger partial charge is 0.472 e. The minimum atomic E-state index is -1.61. The molecule has 19 heavy (non-hydrogen) atoms. The van der Waals surface area contributed by atoms with Gasteiger partial charge in [0.25, 0.3) is 5.78 Å². The van der Waals surface area contributed by atoms with E-state index >= 15 is 0 Å². The molecular weight excluding hydrogens is 254 g/mol. The van der Waals surface area contributed by atoms with Gasteiger partial charge in [0.05, 0.1) is 17.6 Å². The number of hydrogen-bond acceptors (Lipinski definition) is 4. The number of rotatable bonds is 6. The molecule has 1 rings (SSSR count). The molecule has 1 aliphatic heterocycles. The van der Waals surface area contributed by atoms with Gasteiger partial charge in [0.15, 0.2) is 0 Å². The third-order valence-electron chi connectivity index (χ3n) is 3.26. The van der Waals surface area contributed by atoms with Gasteiger partial charge >= 0.3 is 11.7 Å². The van der Waals surface area contributed by atoms with Crippen molar-refractivity contribution in [2.24, 2.45) is 5.92 Å². The standard InChI is InChI=1S/C11H15N3O5/c1-11(2,19-3)7-5(13-9(7)16)4-6(15)8(14-12)10(17)18/h5,7H,4H2,1-3H3,(H,13,16)(H,17,18)/t5-,7-/m1/s1. The molecule has 8 heteroatoms. The predicted octanol–water partition coefficient (Wildman–Crippen LogP) is -0.759. The van der Waals surface area contributed by atoms with Gasteiger partial charge in [-0.15, -0.1) is 0 Å². The summed E-state index contributed by atoms with van der Waals surface area (Å²) in [4.78, 5) is 36.2. The molecule has 0 unspecified atom stereocenters. The summed E-state index contributed by atoms with van der Waals surface area (Å²) in [6.45, 7) is 3.40. The van der Waals surface area contributed by atoms with Crippen molar-refractivity contribution in [3.8, 4) is 0 Å². The first-order valence-corrected chi connectivity index (χ1v) is 5.58. The first kappa shape index (κ1) is 15.0. The Labute approximate surface area is 109 Å². The molecule has 2 N–H and O–H groups in total. The molecule has 0 spiro atoms. The van der Waals surface area contributed by atoms with Gasteiger partial charge in [-0.05, 0) is 13.8 Å². The molecule has 8 nitrogen and oxygen atoms in total. The molecule has 1 amide bonds. The average Bonchev–Trinajstić information content (AvgIpc) is 2.27. The lowest BCUT2D eigenvalue weighted by Crippen LogP contribution is -2.66. The van der Waals surface area contributed by atoms with Crippen molar-refractivity contribution < 1.29 is 29.0 Å². The fraction of sp³-hybridized carbons (Fsp3) is 0.636. The number of ether oxygens (including phenoxy) is 1. The Morgan fingerprint density at radius 3 is 2.47 bits per heavy atom. The first-order chi connectivity index (χ1) is 8.74. The van der Waals surface area contributed by atoms with Crippen molar-refractivity contribution in [2.75, 3.05) is 7.11 Å². The molecule has 0 saturated carbocycles. The molecule has 0 aromatic heterocycles. The zero-order valence-corrected chi connectivity index (χ0v) is 10.8. The fourth-order valence-corrected chi connectivity index (χ4v) is 2.05. The highest BCUT2D eigenvalue weighted by atomic mass is 16.5. The van der Waals surface area contributed by atoms with Crippen molar-refractivity contribution in [2.45, 2.75) is 31.9 Å². The molecule has 1 aliphatic rings. The van der Waals surface area contributed by atoms with E-state index in [9.17, 15) is 14.4 Å². The minimum Gasteiger partial charge on any atom is -0.472 e. The van der Waals surface area contributed by atoms with Gasteiger partial charge in [-0.2, -0.15) is 4.79 Å². The first-order valence-electron chi connectivity index (χ1n) is 5.58. The molecule has 0 bridgehead atoms. The summed E-state index contributed by atoms with van der Waals surface area (Å²) in [5.74, 6) is -3.28. The summed E-state index contributed by atoms with van der Waals surface area (Å²) in [5, 5.41) is 11.2. The maximum atomic E-state index is 11.6. The lowest BCUT2D eigenvalue weighted by Gasteiger charge is -2.44. The number of carbonyl (C=O) groups excluding carboxylic acids is 2. The van der Waals surface area contributed by atoms with Gasteiger partial charge in [0.2, 0.25) is 5.91 Å². The normalized spacial score (nSPS) is 21.9. The monoisotopic (exact) mass is 269 g/mol. The molecule has 0 aromatic rings. The number of methoxy groups -OCH3 is 1. The highest BCUT2D eigenvalue weighted by molar-refractivity contribution is 6.62. The Balaban J connectivity index is 2.79. The van der Waals surface area contributed by atoms with Crippen molar-refractivity contribution >= 4 is 23.4 Å². The summed E-state index contributed by atoms with van der Waals surface area (Å²) in [6, 6.07) is -0.536. The minimum absolute atomic E-state index is 0.255. The van der Waals surface area contributed by atoms with Crippen LogP contribution in [0.2, 0.25) is 0 Å². The summed E-state index contributed by atoms with van der Waals surface area (Å²) in [5.41, 5.74) is 6.75. The van der Waals surface area contributed by atoms with Crippen LogP contribution in [0.5, 0.6) is 0 Å². The number of ketones is 1. The second kappa shape index (κ2) is 5.29. The zero-order chi connectivity index (χ0) is 14.8. The molecule has 0 radical (unpaired) electrons. The number of carboxylic acids is 1. The number of nitrogens with zero attached hydrogens (tertiary/aromatic N) is 2. The van der Waals surface area contributed by atoms with E-state index in [2.05, 4.69) is 10.1 Å². The van der Waals surface area contributed by atoms with Crippen LogP contribution in [0.1, 0.15) is 20.3 Å². The Morgan fingerprint density at radius 2 is 2.11 bits per heavy atom. The lowest BCUT2D eigenvalue weighted by molar-refractivity contribution is -0.152. The molecule has 0 aromatic carbocycles. The van der Waals surface area contributed by atoms with Crippen LogP contribution in [0.3, 0.4) is 0 Å². The summed E-state index contributed by atoms with van der Waals surface area (Å²) in [6.07, 6.45) is -0.255. The highest BCUT2D eigenvalue weighted by Gasteiger charge is 2.51. The van der Waals surface area contributed by atoms with Gasteiger partial charge in [0, 0.05) is 13.5 Å². The number of Topliss-reactive ketones (excluding diaryl/α,β-unsaturated/α-hetero) is 1. The van der Waals surface area contributed by atoms with Crippen molar-refractivity contribution in [3.05, 3.63) is 5.53 Å². The molecule has 0 aliphatic carbocycles. The van der Waals surface area contributed by atoms with Crippen LogP contribution in [-0.2, 0) is 19.1 Å². The van der Waals surface area contributed by atoms with Crippen LogP contribution in [-0.4, -0.2) is 52.0 Å². The van der Waals surface area contributed by atoms with E-state index in [4.69, 9.17) is 15.4 Å². The summed E-state index contributed by atoms with van der Waals surface area (Å²) >= 11 is 0. The molecule has 1 saturated heterocycles. The third kappa shape index (κ3) is 2.86. The SMILES string of the molecule is COC(C)(C)[C@H]1C(=O)N[C@@H]1CC(=O)C(=[N+]=[N-])C(=O)O. The van der Waals surface area contributed by atoms with E-state index < -0.39 is 35.0 Å². The zero-order valence-electron chi connectivity index (χ0n) is 10.8. The van der Waals surface area contributed by atoms with E-state index in [0.29, 0.717) is 0 Å². The van der Waals surface area contributed by atoms with Crippen LogP contribution in [0, 0.1) is 5.92 Å². The number of amides is 1. The quantitative estimate of drug-likeness (QED) is 0.215. The predicted molar refractivity (Wildman–Crippen MR) is 62.4 cm³/mol. The van der Waals surface area contributed by atoms with Crippen molar-refractivity contribution in [1.82, 2.24) is 5.32 Å². The number of nitrogens with one attached hydrogen (secondary N) is 1. The average molecular weight is 269 g/mol. The van der Waals surface area contributed by atoms with E-state index in [-0.39, 0.29) is 12.3 Å². The second-order valence-electron chi connectivity index (χ2n) is 4.78. The van der Waals surface area contributed by atoms with Crippen LogP contribution in [0.15, 0.2) is 0 Å². The maximum Gasteiger partial charge on any atom is 0.441 e. The number of aliphatic carboxylic acids is 1. The van der Waals surface area contributed by atoms with E-state index in [1.165, 1.54) is 7.11 Å². The summed E-state index contributed by atoms with van der Waals surface area (Å²) < 4.78 is 5.19. The molecule has 1 heterocycles.